The van der Waals surface area contributed by atoms with Crippen molar-refractivity contribution in [2.75, 3.05) is 26.7 Å². The van der Waals surface area contributed by atoms with Crippen molar-refractivity contribution in [3.05, 3.63) is 23.8 Å². The molecule has 1 aliphatic heterocycles. The van der Waals surface area contributed by atoms with Crippen LogP contribution in [0.25, 0.3) is 0 Å². The van der Waals surface area contributed by atoms with E-state index in [1.54, 1.807) is 13.2 Å². The van der Waals surface area contributed by atoms with Crippen molar-refractivity contribution in [2.45, 2.75) is 39.3 Å². The lowest BCUT2D eigenvalue weighted by atomic mass is 10.0. The molecule has 0 aromatic heterocycles. The first-order chi connectivity index (χ1) is 10.1. The van der Waals surface area contributed by atoms with E-state index in [2.05, 4.69) is 24.1 Å². The molecule has 2 N–H and O–H groups in total. The number of phenolic OH excluding ortho intramolecular Hbond substituents is 1. The number of nitrogens with one attached hydrogen (secondary N) is 1. The van der Waals surface area contributed by atoms with E-state index in [0.717, 1.165) is 18.7 Å². The molecule has 4 nitrogen and oxygen atoms in total. The molecule has 1 saturated heterocycles. The molecule has 2 rings (SSSR count). The van der Waals surface area contributed by atoms with E-state index in [-0.39, 0.29) is 5.75 Å². The number of ether oxygens (including phenoxy) is 1. The highest BCUT2D eigenvalue weighted by molar-refractivity contribution is 5.41. The molecular weight excluding hydrogens is 264 g/mol. The van der Waals surface area contributed by atoms with Crippen LogP contribution in [0.15, 0.2) is 18.2 Å². The predicted octanol–water partition coefficient (Wildman–Crippen LogP) is 2.61. The molecule has 0 spiro atoms. The SMILES string of the molecule is COc1ccc(CNCC(C(C)C)N2CCCC2)cc1O. The predicted molar refractivity (Wildman–Crippen MR) is 85.8 cm³/mol. The van der Waals surface area contributed by atoms with E-state index in [1.165, 1.54) is 25.9 Å². The van der Waals surface area contributed by atoms with Gasteiger partial charge >= 0.3 is 0 Å². The Balaban J connectivity index is 1.85. The Hall–Kier alpha value is -1.26. The third-order valence-electron chi connectivity index (χ3n) is 4.31. The minimum atomic E-state index is 0.205. The fraction of sp³-hybridized carbons (Fsp3) is 0.647. The topological polar surface area (TPSA) is 44.7 Å². The van der Waals surface area contributed by atoms with E-state index < -0.39 is 0 Å². The monoisotopic (exact) mass is 292 g/mol. The van der Waals surface area contributed by atoms with E-state index in [0.29, 0.717) is 17.7 Å². The molecule has 0 bridgehead atoms. The molecule has 118 valence electrons. The number of rotatable bonds is 7. The first-order valence-corrected chi connectivity index (χ1v) is 7.92. The summed E-state index contributed by atoms with van der Waals surface area (Å²) < 4.78 is 5.06. The second-order valence-electron chi connectivity index (χ2n) is 6.19. The van der Waals surface area contributed by atoms with Gasteiger partial charge < -0.3 is 15.2 Å². The Morgan fingerprint density at radius 3 is 2.57 bits per heavy atom. The third-order valence-corrected chi connectivity index (χ3v) is 4.31. The molecule has 1 unspecified atom stereocenters. The van der Waals surface area contributed by atoms with Crippen molar-refractivity contribution >= 4 is 0 Å². The maximum Gasteiger partial charge on any atom is 0.160 e. The van der Waals surface area contributed by atoms with Crippen LogP contribution in [-0.4, -0.2) is 42.8 Å². The second kappa shape index (κ2) is 7.66. The zero-order valence-electron chi connectivity index (χ0n) is 13.4. The highest BCUT2D eigenvalue weighted by Gasteiger charge is 2.23. The minimum absolute atomic E-state index is 0.205. The summed E-state index contributed by atoms with van der Waals surface area (Å²) >= 11 is 0. The largest absolute Gasteiger partial charge is 0.504 e. The molecule has 1 atom stereocenters. The van der Waals surface area contributed by atoms with Crippen molar-refractivity contribution in [3.63, 3.8) is 0 Å². The molecule has 1 aromatic rings. The summed E-state index contributed by atoms with van der Waals surface area (Å²) in [5.74, 6) is 1.38. The summed E-state index contributed by atoms with van der Waals surface area (Å²) in [5, 5.41) is 13.3. The highest BCUT2D eigenvalue weighted by Crippen LogP contribution is 2.26. The fourth-order valence-electron chi connectivity index (χ4n) is 3.07. The number of likely N-dealkylation sites (tertiary alicyclic amines) is 1. The van der Waals surface area contributed by atoms with Crippen LogP contribution in [0.5, 0.6) is 11.5 Å². The number of hydrogen-bond donors (Lipinski definition) is 2. The number of benzene rings is 1. The van der Waals surface area contributed by atoms with Gasteiger partial charge in [0.05, 0.1) is 7.11 Å². The Bertz CT molecular complexity index is 442. The van der Waals surface area contributed by atoms with Crippen LogP contribution in [0.1, 0.15) is 32.3 Å². The Labute approximate surface area is 128 Å². The molecule has 0 aliphatic carbocycles. The zero-order chi connectivity index (χ0) is 15.2. The lowest BCUT2D eigenvalue weighted by Crippen LogP contribution is -2.44. The first kappa shape index (κ1) is 16.1. The molecule has 0 amide bonds. The molecule has 0 radical (unpaired) electrons. The van der Waals surface area contributed by atoms with Gasteiger partial charge in [-0.1, -0.05) is 19.9 Å². The van der Waals surface area contributed by atoms with Crippen molar-refractivity contribution in [3.8, 4) is 11.5 Å². The van der Waals surface area contributed by atoms with E-state index in [1.807, 2.05) is 12.1 Å². The molecule has 0 saturated carbocycles. The average Bonchev–Trinajstić information content (AvgIpc) is 2.97. The summed E-state index contributed by atoms with van der Waals surface area (Å²) in [5.41, 5.74) is 1.08. The lowest BCUT2D eigenvalue weighted by Gasteiger charge is -2.31. The van der Waals surface area contributed by atoms with Gasteiger partial charge in [-0.15, -0.1) is 0 Å². The molecular formula is C17H28N2O2. The summed E-state index contributed by atoms with van der Waals surface area (Å²) in [4.78, 5) is 2.60. The van der Waals surface area contributed by atoms with Crippen LogP contribution in [0.3, 0.4) is 0 Å². The summed E-state index contributed by atoms with van der Waals surface area (Å²) in [6.07, 6.45) is 2.66. The smallest absolute Gasteiger partial charge is 0.160 e. The van der Waals surface area contributed by atoms with Gasteiger partial charge in [-0.3, -0.25) is 4.90 Å². The van der Waals surface area contributed by atoms with Gasteiger partial charge in [0, 0.05) is 19.1 Å². The van der Waals surface area contributed by atoms with Gasteiger partial charge in [0.2, 0.25) is 0 Å². The molecule has 1 fully saturated rings. The number of aromatic hydroxyl groups is 1. The van der Waals surface area contributed by atoms with Crippen molar-refractivity contribution in [1.29, 1.82) is 0 Å². The Morgan fingerprint density at radius 1 is 1.29 bits per heavy atom. The molecule has 21 heavy (non-hydrogen) atoms. The van der Waals surface area contributed by atoms with Crippen molar-refractivity contribution < 1.29 is 9.84 Å². The number of nitrogens with zero attached hydrogens (tertiary/aromatic N) is 1. The number of phenols is 1. The maximum absolute atomic E-state index is 9.80. The van der Waals surface area contributed by atoms with E-state index in [9.17, 15) is 5.11 Å². The fourth-order valence-corrected chi connectivity index (χ4v) is 3.07. The Kier molecular flexibility index (Phi) is 5.88. The minimum Gasteiger partial charge on any atom is -0.504 e. The average molecular weight is 292 g/mol. The quantitative estimate of drug-likeness (QED) is 0.811. The summed E-state index contributed by atoms with van der Waals surface area (Å²) in [6.45, 7) is 8.81. The van der Waals surface area contributed by atoms with Crippen LogP contribution in [0.4, 0.5) is 0 Å². The highest BCUT2D eigenvalue weighted by atomic mass is 16.5. The maximum atomic E-state index is 9.80. The summed E-state index contributed by atoms with van der Waals surface area (Å²) in [6, 6.07) is 6.17. The number of hydrogen-bond acceptors (Lipinski definition) is 4. The van der Waals surface area contributed by atoms with Gasteiger partial charge in [0.15, 0.2) is 11.5 Å². The van der Waals surface area contributed by atoms with Crippen LogP contribution in [0.2, 0.25) is 0 Å². The normalized spacial score (nSPS) is 17.3. The van der Waals surface area contributed by atoms with Crippen LogP contribution >= 0.6 is 0 Å². The lowest BCUT2D eigenvalue weighted by molar-refractivity contribution is 0.186. The summed E-state index contributed by atoms with van der Waals surface area (Å²) in [7, 11) is 1.57. The van der Waals surface area contributed by atoms with Crippen molar-refractivity contribution in [2.24, 2.45) is 5.92 Å². The second-order valence-corrected chi connectivity index (χ2v) is 6.19. The third kappa shape index (κ3) is 4.35. The molecule has 1 aliphatic rings. The first-order valence-electron chi connectivity index (χ1n) is 7.92. The number of methoxy groups -OCH3 is 1. The van der Waals surface area contributed by atoms with Gasteiger partial charge in [-0.05, 0) is 49.5 Å². The molecule has 4 heteroatoms. The van der Waals surface area contributed by atoms with Gasteiger partial charge in [0.25, 0.3) is 0 Å². The Morgan fingerprint density at radius 2 is 2.00 bits per heavy atom. The van der Waals surface area contributed by atoms with E-state index >= 15 is 0 Å². The van der Waals surface area contributed by atoms with Gasteiger partial charge in [0.1, 0.15) is 0 Å². The van der Waals surface area contributed by atoms with Crippen molar-refractivity contribution in [1.82, 2.24) is 10.2 Å². The van der Waals surface area contributed by atoms with Crippen LogP contribution in [-0.2, 0) is 6.54 Å². The van der Waals surface area contributed by atoms with Gasteiger partial charge in [-0.25, -0.2) is 0 Å². The van der Waals surface area contributed by atoms with E-state index in [4.69, 9.17) is 4.74 Å². The van der Waals surface area contributed by atoms with Gasteiger partial charge in [-0.2, -0.15) is 0 Å². The molecule has 1 aromatic carbocycles. The zero-order valence-corrected chi connectivity index (χ0v) is 13.4. The standard InChI is InChI=1S/C17H28N2O2/c1-13(2)15(19-8-4-5-9-19)12-18-11-14-6-7-17(21-3)16(20)10-14/h6-7,10,13,15,18,20H,4-5,8-9,11-12H2,1-3H3. The van der Waals surface area contributed by atoms with Crippen LogP contribution in [0, 0.1) is 5.92 Å². The van der Waals surface area contributed by atoms with Crippen LogP contribution < -0.4 is 10.1 Å². The molecule has 1 heterocycles.